The molecule has 3 N–H and O–H groups in total. The summed E-state index contributed by atoms with van der Waals surface area (Å²) in [6.07, 6.45) is 46.4. The van der Waals surface area contributed by atoms with Crippen LogP contribution in [-0.4, -0.2) is 96.7 Å². The number of phosphoric ester groups is 2. The Bertz CT molecular complexity index is 1670. The molecule has 0 saturated heterocycles. The van der Waals surface area contributed by atoms with Gasteiger partial charge in [-0.15, -0.1) is 0 Å². The number of carbonyl (C=O) groups is 4. The highest BCUT2D eigenvalue weighted by molar-refractivity contribution is 7.47. The van der Waals surface area contributed by atoms with E-state index < -0.39 is 97.5 Å². The third-order valence-electron chi connectivity index (χ3n) is 15.9. The van der Waals surface area contributed by atoms with Gasteiger partial charge in [-0.1, -0.05) is 291 Å². The lowest BCUT2D eigenvalue weighted by Crippen LogP contribution is -2.30. The van der Waals surface area contributed by atoms with Gasteiger partial charge in [0.1, 0.15) is 19.3 Å². The average molecular weight is 1270 g/mol. The summed E-state index contributed by atoms with van der Waals surface area (Å²) in [6.45, 7) is 7.07. The third-order valence-corrected chi connectivity index (χ3v) is 17.8. The minimum atomic E-state index is -4.95. The van der Waals surface area contributed by atoms with Crippen molar-refractivity contribution >= 4 is 39.5 Å². The molecule has 0 spiro atoms. The molecule has 0 saturated carbocycles. The number of rotatable bonds is 67. The molecule has 19 heteroatoms. The molecular formula is C67H130O17P2. The third kappa shape index (κ3) is 59.7. The van der Waals surface area contributed by atoms with E-state index in [0.29, 0.717) is 25.7 Å². The van der Waals surface area contributed by atoms with E-state index >= 15 is 0 Å². The number of aliphatic hydroxyl groups excluding tert-OH is 1. The quantitative estimate of drug-likeness (QED) is 0.0222. The molecule has 86 heavy (non-hydrogen) atoms. The largest absolute Gasteiger partial charge is 0.472 e. The molecule has 3 unspecified atom stereocenters. The number of esters is 4. The summed E-state index contributed by atoms with van der Waals surface area (Å²) in [4.78, 5) is 72.1. The van der Waals surface area contributed by atoms with Gasteiger partial charge in [-0.2, -0.15) is 0 Å². The molecule has 0 aliphatic heterocycles. The maximum absolute atomic E-state index is 13.0. The second-order valence-electron chi connectivity index (χ2n) is 24.5. The smallest absolute Gasteiger partial charge is 0.462 e. The Balaban J connectivity index is 5.11. The van der Waals surface area contributed by atoms with Crippen LogP contribution in [0.4, 0.5) is 0 Å². The zero-order valence-corrected chi connectivity index (χ0v) is 57.2. The minimum absolute atomic E-state index is 0.102. The Morgan fingerprint density at radius 2 is 0.558 bits per heavy atom. The molecule has 0 aliphatic carbocycles. The van der Waals surface area contributed by atoms with Crippen molar-refractivity contribution in [3.05, 3.63) is 0 Å². The summed E-state index contributed by atoms with van der Waals surface area (Å²) in [5, 5.41) is 10.5. The van der Waals surface area contributed by atoms with E-state index in [1.54, 1.807) is 0 Å². The molecule has 0 radical (unpaired) electrons. The lowest BCUT2D eigenvalue weighted by atomic mass is 10.00. The topological polar surface area (TPSA) is 237 Å². The van der Waals surface area contributed by atoms with Crippen LogP contribution in [0, 0.1) is 5.92 Å². The Hall–Kier alpha value is -1.94. The van der Waals surface area contributed by atoms with Gasteiger partial charge in [-0.05, 0) is 31.6 Å². The second-order valence-corrected chi connectivity index (χ2v) is 27.4. The molecule has 0 bridgehead atoms. The fourth-order valence-electron chi connectivity index (χ4n) is 10.1. The first-order valence-electron chi connectivity index (χ1n) is 35.2. The predicted molar refractivity (Wildman–Crippen MR) is 345 cm³/mol. The molecule has 0 aromatic rings. The van der Waals surface area contributed by atoms with Crippen molar-refractivity contribution in [1.82, 2.24) is 0 Å². The van der Waals surface area contributed by atoms with Crippen LogP contribution in [0.25, 0.3) is 0 Å². The Morgan fingerprint density at radius 1 is 0.326 bits per heavy atom. The lowest BCUT2D eigenvalue weighted by molar-refractivity contribution is -0.161. The number of unbranched alkanes of at least 4 members (excludes halogenated alkanes) is 38. The maximum atomic E-state index is 13.0. The van der Waals surface area contributed by atoms with Crippen LogP contribution in [0.3, 0.4) is 0 Å². The zero-order valence-electron chi connectivity index (χ0n) is 55.4. The molecular weight excluding hydrogens is 1140 g/mol. The Morgan fingerprint density at radius 3 is 0.826 bits per heavy atom. The van der Waals surface area contributed by atoms with Gasteiger partial charge in [0, 0.05) is 25.7 Å². The molecule has 0 aliphatic rings. The fraction of sp³-hybridized carbons (Fsp3) is 0.940. The van der Waals surface area contributed by atoms with E-state index in [2.05, 4.69) is 34.6 Å². The number of hydrogen-bond acceptors (Lipinski definition) is 15. The van der Waals surface area contributed by atoms with Gasteiger partial charge < -0.3 is 33.8 Å². The molecule has 510 valence electrons. The summed E-state index contributed by atoms with van der Waals surface area (Å²) in [7, 11) is -9.88. The monoisotopic (exact) mass is 1270 g/mol. The van der Waals surface area contributed by atoms with Gasteiger partial charge in [-0.25, -0.2) is 9.13 Å². The number of phosphoric acid groups is 2. The first-order valence-corrected chi connectivity index (χ1v) is 38.2. The fourth-order valence-corrected chi connectivity index (χ4v) is 11.7. The first-order chi connectivity index (χ1) is 41.6. The van der Waals surface area contributed by atoms with Crippen LogP contribution in [-0.2, 0) is 65.4 Å². The predicted octanol–water partition coefficient (Wildman–Crippen LogP) is 19.0. The highest BCUT2D eigenvalue weighted by Gasteiger charge is 2.30. The molecule has 17 nitrogen and oxygen atoms in total. The number of hydrogen-bond donors (Lipinski definition) is 3. The molecule has 0 amide bonds. The van der Waals surface area contributed by atoms with Gasteiger partial charge in [0.05, 0.1) is 26.4 Å². The lowest BCUT2D eigenvalue weighted by Gasteiger charge is -2.21. The van der Waals surface area contributed by atoms with E-state index in [1.165, 1.54) is 161 Å². The molecule has 0 fully saturated rings. The summed E-state index contributed by atoms with van der Waals surface area (Å²) in [6, 6.07) is 0. The first kappa shape index (κ1) is 84.1. The van der Waals surface area contributed by atoms with Gasteiger partial charge >= 0.3 is 39.5 Å². The molecule has 0 heterocycles. The van der Waals surface area contributed by atoms with Crippen LogP contribution >= 0.6 is 15.6 Å². The average Bonchev–Trinajstić information content (AvgIpc) is 3.70. The van der Waals surface area contributed by atoms with Gasteiger partial charge in [-0.3, -0.25) is 37.3 Å². The summed E-state index contributed by atoms with van der Waals surface area (Å²) in [5.41, 5.74) is 0. The maximum Gasteiger partial charge on any atom is 0.472 e. The van der Waals surface area contributed by atoms with E-state index in [9.17, 15) is 43.2 Å². The van der Waals surface area contributed by atoms with Crippen LogP contribution in [0.2, 0.25) is 0 Å². The summed E-state index contributed by atoms with van der Waals surface area (Å²) >= 11 is 0. The molecule has 0 aromatic heterocycles. The van der Waals surface area contributed by atoms with Crippen LogP contribution in [0.15, 0.2) is 0 Å². The van der Waals surface area contributed by atoms with Crippen molar-refractivity contribution in [2.75, 3.05) is 39.6 Å². The van der Waals surface area contributed by atoms with Crippen molar-refractivity contribution in [3.8, 4) is 0 Å². The van der Waals surface area contributed by atoms with Crippen LogP contribution < -0.4 is 0 Å². The van der Waals surface area contributed by atoms with Gasteiger partial charge in [0.15, 0.2) is 12.2 Å². The van der Waals surface area contributed by atoms with Crippen LogP contribution in [0.1, 0.15) is 343 Å². The van der Waals surface area contributed by atoms with Crippen molar-refractivity contribution in [1.29, 1.82) is 0 Å². The Kier molecular flexibility index (Phi) is 59.2. The van der Waals surface area contributed by atoms with Crippen molar-refractivity contribution in [3.63, 3.8) is 0 Å². The molecule has 0 aromatic carbocycles. The van der Waals surface area contributed by atoms with Crippen molar-refractivity contribution < 1.29 is 80.2 Å². The van der Waals surface area contributed by atoms with Gasteiger partial charge in [0.25, 0.3) is 0 Å². The molecule has 6 atom stereocenters. The number of aliphatic hydroxyl groups is 1. The van der Waals surface area contributed by atoms with E-state index in [1.807, 2.05) is 0 Å². The highest BCUT2D eigenvalue weighted by atomic mass is 31.2. The normalized spacial score (nSPS) is 14.5. The minimum Gasteiger partial charge on any atom is -0.462 e. The molecule has 0 rings (SSSR count). The van der Waals surface area contributed by atoms with E-state index in [4.69, 9.17) is 37.0 Å². The highest BCUT2D eigenvalue weighted by Crippen LogP contribution is 2.45. The van der Waals surface area contributed by atoms with Crippen molar-refractivity contribution in [2.24, 2.45) is 5.92 Å². The van der Waals surface area contributed by atoms with Gasteiger partial charge in [0.2, 0.25) is 0 Å². The van der Waals surface area contributed by atoms with Crippen molar-refractivity contribution in [2.45, 2.75) is 361 Å². The number of carbonyl (C=O) groups excluding carboxylic acids is 4. The summed E-state index contributed by atoms with van der Waals surface area (Å²) < 4.78 is 67.9. The second kappa shape index (κ2) is 60.6. The standard InChI is InChI=1S/C67H130O17P2/c1-6-10-13-16-18-20-22-23-24-25-26-27-28-29-30-32-34-36-42-47-52-66(71)83-63(57-78-65(70)51-46-41-35-33-31-21-19-17-14-11-7-2)59-82-86(75,76)80-55-61(68)54-79-85(73,74)81-58-62(56-77-64(69)50-45-39-15-12-8-3)84-67(72)53-48-43-38-37-40-44-49-60(5)9-4/h60-63,68H,6-59H2,1-5H3,(H,73,74)(H,75,76)/t60?,61-,62+,63+/m0/s1. The zero-order chi connectivity index (χ0) is 63.5. The summed E-state index contributed by atoms with van der Waals surface area (Å²) in [5.74, 6) is -1.42. The van der Waals surface area contributed by atoms with E-state index in [0.717, 1.165) is 102 Å². The van der Waals surface area contributed by atoms with E-state index in [-0.39, 0.29) is 25.7 Å². The van der Waals surface area contributed by atoms with Crippen LogP contribution in [0.5, 0.6) is 0 Å². The number of ether oxygens (including phenoxy) is 4. The Labute approximate surface area is 524 Å². The SMILES string of the molecule is CCCCCCCCCCCCCCCCCCCCCCC(=O)O[C@H](COC(=O)CCCCCCCCCCCCC)COP(=O)(O)OC[C@@H](O)COP(=O)(O)OC[C@@H](COC(=O)CCCCCCC)OC(=O)CCCCCCCCC(C)CC.